The van der Waals surface area contributed by atoms with Crippen LogP contribution >= 0.6 is 11.3 Å². The number of sulfonamides is 1. The van der Waals surface area contributed by atoms with Gasteiger partial charge >= 0.3 is 0 Å². The maximum absolute atomic E-state index is 11.7. The SMILES string of the molecule is CCCNC(CC1CCCN(S(C)(=O)=O)C1)c1cscn1. The van der Waals surface area contributed by atoms with Crippen molar-refractivity contribution in [1.29, 1.82) is 0 Å². The zero-order chi connectivity index (χ0) is 15.3. The first-order valence-corrected chi connectivity index (χ1v) is 10.4. The van der Waals surface area contributed by atoms with E-state index in [0.29, 0.717) is 19.0 Å². The van der Waals surface area contributed by atoms with Gasteiger partial charge in [0.2, 0.25) is 10.0 Å². The molecule has 0 saturated carbocycles. The Hall–Kier alpha value is -0.500. The van der Waals surface area contributed by atoms with Crippen molar-refractivity contribution >= 4 is 21.4 Å². The van der Waals surface area contributed by atoms with Crippen molar-refractivity contribution in [3.63, 3.8) is 0 Å². The summed E-state index contributed by atoms with van der Waals surface area (Å²) in [6.07, 6.45) is 5.40. The van der Waals surface area contributed by atoms with Crippen LogP contribution in [0.5, 0.6) is 0 Å². The van der Waals surface area contributed by atoms with E-state index in [-0.39, 0.29) is 6.04 Å². The number of nitrogens with one attached hydrogen (secondary N) is 1. The van der Waals surface area contributed by atoms with Crippen molar-refractivity contribution in [2.24, 2.45) is 5.92 Å². The number of aromatic nitrogens is 1. The van der Waals surface area contributed by atoms with Gasteiger partial charge in [0.05, 0.1) is 23.5 Å². The molecule has 0 aliphatic carbocycles. The molecule has 1 aliphatic rings. The quantitative estimate of drug-likeness (QED) is 0.832. The van der Waals surface area contributed by atoms with E-state index in [2.05, 4.69) is 22.6 Å². The largest absolute Gasteiger partial charge is 0.309 e. The third-order valence-electron chi connectivity index (χ3n) is 3.97. The summed E-state index contributed by atoms with van der Waals surface area (Å²) in [4.78, 5) is 4.43. The number of thiazole rings is 1. The summed E-state index contributed by atoms with van der Waals surface area (Å²) in [5, 5.41) is 5.64. The van der Waals surface area contributed by atoms with Crippen molar-refractivity contribution in [3.8, 4) is 0 Å². The first-order chi connectivity index (χ1) is 10.0. The van der Waals surface area contributed by atoms with Gasteiger partial charge in [-0.2, -0.15) is 0 Å². The summed E-state index contributed by atoms with van der Waals surface area (Å²) < 4.78 is 25.1. The molecule has 1 fully saturated rings. The van der Waals surface area contributed by atoms with Crippen LogP contribution in [0.1, 0.15) is 44.3 Å². The molecule has 1 aromatic heterocycles. The fourth-order valence-electron chi connectivity index (χ4n) is 2.87. The maximum Gasteiger partial charge on any atom is 0.211 e. The van der Waals surface area contributed by atoms with E-state index >= 15 is 0 Å². The second kappa shape index (κ2) is 7.67. The van der Waals surface area contributed by atoms with Crippen LogP contribution in [-0.4, -0.2) is 43.6 Å². The smallest absolute Gasteiger partial charge is 0.211 e. The summed E-state index contributed by atoms with van der Waals surface area (Å²) in [6, 6.07) is 0.237. The molecule has 21 heavy (non-hydrogen) atoms. The molecule has 1 saturated heterocycles. The van der Waals surface area contributed by atoms with Crippen LogP contribution in [0, 0.1) is 5.92 Å². The lowest BCUT2D eigenvalue weighted by molar-refractivity contribution is 0.237. The van der Waals surface area contributed by atoms with E-state index in [0.717, 1.165) is 37.9 Å². The van der Waals surface area contributed by atoms with Gasteiger partial charge in [-0.25, -0.2) is 17.7 Å². The first-order valence-electron chi connectivity index (χ1n) is 7.57. The van der Waals surface area contributed by atoms with Gasteiger partial charge in [0.1, 0.15) is 0 Å². The fourth-order valence-corrected chi connectivity index (χ4v) is 4.43. The minimum atomic E-state index is -3.07. The number of hydrogen-bond donors (Lipinski definition) is 1. The second-order valence-electron chi connectivity index (χ2n) is 5.78. The molecule has 0 amide bonds. The molecule has 5 nitrogen and oxygen atoms in total. The second-order valence-corrected chi connectivity index (χ2v) is 8.49. The molecule has 120 valence electrons. The number of piperidine rings is 1. The number of rotatable bonds is 7. The third-order valence-corrected chi connectivity index (χ3v) is 5.84. The topological polar surface area (TPSA) is 62.3 Å². The highest BCUT2D eigenvalue weighted by atomic mass is 32.2. The van der Waals surface area contributed by atoms with Crippen LogP contribution in [0.25, 0.3) is 0 Å². The molecule has 0 bridgehead atoms. The zero-order valence-electron chi connectivity index (χ0n) is 12.8. The monoisotopic (exact) mass is 331 g/mol. The molecule has 2 atom stereocenters. The van der Waals surface area contributed by atoms with Gasteiger partial charge in [0.15, 0.2) is 0 Å². The first kappa shape index (κ1) is 16.9. The zero-order valence-corrected chi connectivity index (χ0v) is 14.4. The highest BCUT2D eigenvalue weighted by Crippen LogP contribution is 2.28. The molecule has 2 rings (SSSR count). The fraction of sp³-hybridized carbons (Fsp3) is 0.786. The third kappa shape index (κ3) is 5.02. The highest BCUT2D eigenvalue weighted by Gasteiger charge is 2.28. The Bertz CT molecular complexity index is 516. The van der Waals surface area contributed by atoms with Gasteiger partial charge in [-0.1, -0.05) is 6.92 Å². The van der Waals surface area contributed by atoms with E-state index < -0.39 is 10.0 Å². The highest BCUT2D eigenvalue weighted by molar-refractivity contribution is 7.88. The Balaban J connectivity index is 1.99. The molecular weight excluding hydrogens is 306 g/mol. The summed E-state index contributed by atoms with van der Waals surface area (Å²) in [5.41, 5.74) is 2.95. The minimum Gasteiger partial charge on any atom is -0.309 e. The van der Waals surface area contributed by atoms with Crippen molar-refractivity contribution in [2.45, 2.75) is 38.6 Å². The van der Waals surface area contributed by atoms with Crippen molar-refractivity contribution < 1.29 is 8.42 Å². The predicted octanol–water partition coefficient (Wildman–Crippen LogP) is 2.25. The van der Waals surface area contributed by atoms with E-state index in [9.17, 15) is 8.42 Å². The van der Waals surface area contributed by atoms with E-state index in [1.807, 2.05) is 5.51 Å². The lowest BCUT2D eigenvalue weighted by Gasteiger charge is -2.33. The molecule has 0 radical (unpaired) electrons. The van der Waals surface area contributed by atoms with Gasteiger partial charge in [-0.3, -0.25) is 0 Å². The molecule has 1 N–H and O–H groups in total. The van der Waals surface area contributed by atoms with Crippen LogP contribution in [0.2, 0.25) is 0 Å². The average molecular weight is 332 g/mol. The molecule has 0 aromatic carbocycles. The van der Waals surface area contributed by atoms with Gasteiger partial charge in [-0.15, -0.1) is 11.3 Å². The lowest BCUT2D eigenvalue weighted by atomic mass is 9.91. The molecular formula is C14H25N3O2S2. The van der Waals surface area contributed by atoms with Crippen LogP contribution in [0.3, 0.4) is 0 Å². The maximum atomic E-state index is 11.7. The van der Waals surface area contributed by atoms with Crippen molar-refractivity contribution in [1.82, 2.24) is 14.6 Å². The Morgan fingerprint density at radius 2 is 2.38 bits per heavy atom. The predicted molar refractivity (Wildman–Crippen MR) is 86.9 cm³/mol. The molecule has 0 spiro atoms. The Morgan fingerprint density at radius 3 is 3.00 bits per heavy atom. The Kier molecular flexibility index (Phi) is 6.16. The molecule has 1 aromatic rings. The van der Waals surface area contributed by atoms with Gasteiger partial charge in [-0.05, 0) is 38.1 Å². The van der Waals surface area contributed by atoms with Crippen LogP contribution in [0.4, 0.5) is 0 Å². The van der Waals surface area contributed by atoms with Gasteiger partial charge in [0, 0.05) is 18.5 Å². The summed E-state index contributed by atoms with van der Waals surface area (Å²) >= 11 is 1.61. The molecule has 1 aliphatic heterocycles. The Labute approximate surface area is 131 Å². The van der Waals surface area contributed by atoms with Crippen LogP contribution < -0.4 is 5.32 Å². The van der Waals surface area contributed by atoms with Crippen molar-refractivity contribution in [3.05, 3.63) is 16.6 Å². The van der Waals surface area contributed by atoms with Gasteiger partial charge in [0.25, 0.3) is 0 Å². The Morgan fingerprint density at radius 1 is 1.57 bits per heavy atom. The summed E-state index contributed by atoms with van der Waals surface area (Å²) in [5.74, 6) is 0.407. The van der Waals surface area contributed by atoms with E-state index in [1.54, 1.807) is 15.6 Å². The summed E-state index contributed by atoms with van der Waals surface area (Å²) in [6.45, 7) is 4.42. The van der Waals surface area contributed by atoms with Crippen LogP contribution in [-0.2, 0) is 10.0 Å². The molecule has 2 unspecified atom stereocenters. The number of nitrogens with zero attached hydrogens (tertiary/aromatic N) is 2. The van der Waals surface area contributed by atoms with E-state index in [4.69, 9.17) is 0 Å². The minimum absolute atomic E-state index is 0.237. The summed E-state index contributed by atoms with van der Waals surface area (Å²) in [7, 11) is -3.07. The standard InChI is InChI=1S/C14H25N3O2S2/c1-3-6-15-13(14-10-20-11-16-14)8-12-5-4-7-17(9-12)21(2,18)19/h10-13,15H,3-9H2,1-2H3. The van der Waals surface area contributed by atoms with Crippen LogP contribution in [0.15, 0.2) is 10.9 Å². The van der Waals surface area contributed by atoms with E-state index in [1.165, 1.54) is 6.26 Å². The average Bonchev–Trinajstić information content (AvgIpc) is 2.97. The molecule has 2 heterocycles. The van der Waals surface area contributed by atoms with Gasteiger partial charge < -0.3 is 5.32 Å². The lowest BCUT2D eigenvalue weighted by Crippen LogP contribution is -2.40. The van der Waals surface area contributed by atoms with Crippen molar-refractivity contribution in [2.75, 3.05) is 25.9 Å². The molecule has 7 heteroatoms. The normalized spacial score (nSPS) is 22.3. The number of hydrogen-bond acceptors (Lipinski definition) is 5.